The molecule has 0 radical (unpaired) electrons. The molecule has 0 bridgehead atoms. The third-order valence-electron chi connectivity index (χ3n) is 4.86. The maximum absolute atomic E-state index is 13.3. The van der Waals surface area contributed by atoms with Gasteiger partial charge >= 0.3 is 5.97 Å². The Morgan fingerprint density at radius 3 is 2.24 bits per heavy atom. The number of aryl methyl sites for hydroxylation is 1. The van der Waals surface area contributed by atoms with Crippen LogP contribution in [0, 0.1) is 0 Å². The highest BCUT2D eigenvalue weighted by Gasteiger charge is 2.24. The zero-order chi connectivity index (χ0) is 21.1. The maximum Gasteiger partial charge on any atom is 0.375 e. The number of rotatable bonds is 12. The number of hydrogen-bond acceptors (Lipinski definition) is 5. The van der Waals surface area contributed by atoms with Gasteiger partial charge in [0.15, 0.2) is 5.78 Å². The fourth-order valence-corrected chi connectivity index (χ4v) is 3.18. The van der Waals surface area contributed by atoms with Gasteiger partial charge in [0.2, 0.25) is 0 Å². The predicted octanol–water partition coefficient (Wildman–Crippen LogP) is 5.39. The predicted molar refractivity (Wildman–Crippen MR) is 114 cm³/mol. The molecule has 0 spiro atoms. The molecule has 5 nitrogen and oxygen atoms in total. The van der Waals surface area contributed by atoms with Crippen molar-refractivity contribution in [3.8, 4) is 0 Å². The molecule has 2 rings (SSSR count). The Balaban J connectivity index is 2.33. The van der Waals surface area contributed by atoms with Gasteiger partial charge < -0.3 is 0 Å². The maximum atomic E-state index is 13.3. The summed E-state index contributed by atoms with van der Waals surface area (Å²) >= 11 is 0. The summed E-state index contributed by atoms with van der Waals surface area (Å²) in [6.45, 7) is 7.13. The van der Waals surface area contributed by atoms with Crippen LogP contribution in [0.2, 0.25) is 0 Å². The Hall–Kier alpha value is -2.50. The highest BCUT2D eigenvalue weighted by molar-refractivity contribution is 6.15. The molecule has 0 unspecified atom stereocenters. The molecule has 0 aliphatic carbocycles. The Labute approximate surface area is 173 Å². The van der Waals surface area contributed by atoms with Crippen LogP contribution < -0.4 is 0 Å². The number of carbonyl (C=O) groups is 2. The van der Waals surface area contributed by atoms with Crippen molar-refractivity contribution in [1.29, 1.82) is 0 Å². The Morgan fingerprint density at radius 2 is 1.59 bits per heavy atom. The van der Waals surface area contributed by atoms with Crippen LogP contribution in [0.1, 0.15) is 78.3 Å². The summed E-state index contributed by atoms with van der Waals surface area (Å²) in [7, 11) is 0. The highest BCUT2D eigenvalue weighted by atomic mass is 17.3. The minimum atomic E-state index is -0.661. The number of unbranched alkanes of at least 4 members (excludes halogenated alkanes) is 3. The molecule has 0 N–H and O–H groups in total. The molecule has 0 atom stereocenters. The SMILES string of the molecule is CCCCCCc1cccc(C(=O)OON(CC)CC)c1C(=O)c1ccccc1. The van der Waals surface area contributed by atoms with Crippen LogP contribution in [0.3, 0.4) is 0 Å². The molecular weight excluding hydrogens is 366 g/mol. The first-order valence-electron chi connectivity index (χ1n) is 10.5. The van der Waals surface area contributed by atoms with Gasteiger partial charge in [-0.1, -0.05) is 73.6 Å². The zero-order valence-electron chi connectivity index (χ0n) is 17.6. The van der Waals surface area contributed by atoms with Crippen molar-refractivity contribution in [3.05, 3.63) is 70.8 Å². The van der Waals surface area contributed by atoms with Gasteiger partial charge in [0.25, 0.3) is 0 Å². The highest BCUT2D eigenvalue weighted by Crippen LogP contribution is 2.23. The van der Waals surface area contributed by atoms with Gasteiger partial charge in [-0.25, -0.2) is 4.79 Å². The van der Waals surface area contributed by atoms with Crippen LogP contribution in [-0.2, 0) is 16.3 Å². The molecule has 0 aliphatic rings. The molecular formula is C24H31NO4. The van der Waals surface area contributed by atoms with Gasteiger partial charge in [-0.15, -0.1) is 5.06 Å². The lowest BCUT2D eigenvalue weighted by Gasteiger charge is -2.17. The van der Waals surface area contributed by atoms with Crippen LogP contribution in [0.25, 0.3) is 0 Å². The number of hydrogen-bond donors (Lipinski definition) is 0. The van der Waals surface area contributed by atoms with Crippen molar-refractivity contribution in [2.75, 3.05) is 13.1 Å². The summed E-state index contributed by atoms with van der Waals surface area (Å²) in [6, 6.07) is 14.4. The van der Waals surface area contributed by atoms with Gasteiger partial charge in [0, 0.05) is 24.2 Å². The van der Waals surface area contributed by atoms with E-state index >= 15 is 0 Å². The molecule has 0 aliphatic heterocycles. The normalized spacial score (nSPS) is 10.9. The number of nitrogens with zero attached hydrogens (tertiary/aromatic N) is 1. The molecule has 0 amide bonds. The average molecular weight is 398 g/mol. The first-order valence-corrected chi connectivity index (χ1v) is 10.5. The Bertz CT molecular complexity index is 785. The van der Waals surface area contributed by atoms with E-state index in [9.17, 15) is 9.59 Å². The van der Waals surface area contributed by atoms with Crippen molar-refractivity contribution < 1.29 is 19.5 Å². The first kappa shape index (κ1) is 22.8. The molecule has 2 aromatic carbocycles. The van der Waals surface area contributed by atoms with Crippen LogP contribution >= 0.6 is 0 Å². The van der Waals surface area contributed by atoms with E-state index in [4.69, 9.17) is 9.88 Å². The van der Waals surface area contributed by atoms with Crippen LogP contribution in [-0.4, -0.2) is 29.9 Å². The molecule has 0 saturated carbocycles. The van der Waals surface area contributed by atoms with Crippen molar-refractivity contribution in [1.82, 2.24) is 5.06 Å². The lowest BCUT2D eigenvalue weighted by Crippen LogP contribution is -2.26. The van der Waals surface area contributed by atoms with Crippen LogP contribution in [0.15, 0.2) is 48.5 Å². The Kier molecular flexibility index (Phi) is 9.54. The van der Waals surface area contributed by atoms with Gasteiger partial charge in [0.1, 0.15) is 0 Å². The second kappa shape index (κ2) is 12.1. The quantitative estimate of drug-likeness (QED) is 0.208. The fourth-order valence-electron chi connectivity index (χ4n) is 3.18. The lowest BCUT2D eigenvalue weighted by atomic mass is 9.91. The first-order chi connectivity index (χ1) is 14.1. The number of carbonyl (C=O) groups excluding carboxylic acids is 2. The molecule has 0 aromatic heterocycles. The summed E-state index contributed by atoms with van der Waals surface area (Å²) in [5.74, 6) is -0.835. The summed E-state index contributed by atoms with van der Waals surface area (Å²) in [5.41, 5.74) is 2.06. The van der Waals surface area contributed by atoms with Crippen molar-refractivity contribution in [3.63, 3.8) is 0 Å². The molecule has 0 heterocycles. The fraction of sp³-hybridized carbons (Fsp3) is 0.417. The molecule has 2 aromatic rings. The van der Waals surface area contributed by atoms with E-state index in [1.165, 1.54) is 5.06 Å². The number of hydroxylamine groups is 2. The van der Waals surface area contributed by atoms with E-state index in [-0.39, 0.29) is 11.3 Å². The summed E-state index contributed by atoms with van der Waals surface area (Å²) < 4.78 is 0. The monoisotopic (exact) mass is 397 g/mol. The third-order valence-corrected chi connectivity index (χ3v) is 4.86. The van der Waals surface area contributed by atoms with E-state index in [0.29, 0.717) is 24.2 Å². The molecule has 29 heavy (non-hydrogen) atoms. The van der Waals surface area contributed by atoms with Gasteiger partial charge in [-0.2, -0.15) is 0 Å². The molecule has 156 valence electrons. The minimum Gasteiger partial charge on any atom is -0.289 e. The molecule has 5 heteroatoms. The third kappa shape index (κ3) is 6.51. The standard InChI is InChI=1S/C24H31NO4/c1-4-7-8-10-14-19-17-13-18-21(24(27)28-29-25(5-2)6-3)22(19)23(26)20-15-11-9-12-16-20/h9,11-13,15-18H,4-8,10,14H2,1-3H3. The number of benzene rings is 2. The smallest absolute Gasteiger partial charge is 0.289 e. The van der Waals surface area contributed by atoms with E-state index in [1.54, 1.807) is 24.3 Å². The van der Waals surface area contributed by atoms with E-state index < -0.39 is 5.97 Å². The van der Waals surface area contributed by atoms with E-state index in [1.807, 2.05) is 38.1 Å². The zero-order valence-corrected chi connectivity index (χ0v) is 17.6. The van der Waals surface area contributed by atoms with E-state index in [0.717, 1.165) is 37.7 Å². The van der Waals surface area contributed by atoms with Gasteiger partial charge in [0.05, 0.1) is 5.56 Å². The van der Waals surface area contributed by atoms with Crippen molar-refractivity contribution >= 4 is 11.8 Å². The van der Waals surface area contributed by atoms with Crippen molar-refractivity contribution in [2.24, 2.45) is 0 Å². The van der Waals surface area contributed by atoms with Crippen LogP contribution in [0.5, 0.6) is 0 Å². The van der Waals surface area contributed by atoms with Gasteiger partial charge in [-0.3, -0.25) is 9.68 Å². The average Bonchev–Trinajstić information content (AvgIpc) is 2.77. The van der Waals surface area contributed by atoms with Gasteiger partial charge in [-0.05, 0) is 38.3 Å². The second-order valence-corrected chi connectivity index (χ2v) is 6.91. The number of ketones is 1. The molecule has 0 saturated heterocycles. The van der Waals surface area contributed by atoms with Crippen molar-refractivity contribution in [2.45, 2.75) is 52.9 Å². The second-order valence-electron chi connectivity index (χ2n) is 6.91. The largest absolute Gasteiger partial charge is 0.375 e. The Morgan fingerprint density at radius 1 is 0.862 bits per heavy atom. The molecule has 0 fully saturated rings. The lowest BCUT2D eigenvalue weighted by molar-refractivity contribution is -0.385. The summed E-state index contributed by atoms with van der Waals surface area (Å²) in [6.07, 6.45) is 5.10. The summed E-state index contributed by atoms with van der Waals surface area (Å²) in [4.78, 5) is 36.2. The minimum absolute atomic E-state index is 0.175. The topological polar surface area (TPSA) is 55.8 Å². The summed E-state index contributed by atoms with van der Waals surface area (Å²) in [5, 5.41) is 1.52. The van der Waals surface area contributed by atoms with E-state index in [2.05, 4.69) is 6.92 Å². The van der Waals surface area contributed by atoms with Crippen LogP contribution in [0.4, 0.5) is 0 Å².